The molecule has 0 amide bonds. The summed E-state index contributed by atoms with van der Waals surface area (Å²) in [5.41, 5.74) is 6.16. The fourth-order valence-electron chi connectivity index (χ4n) is 2.75. The molecule has 1 heterocycles. The molecule has 1 unspecified atom stereocenters. The van der Waals surface area contributed by atoms with Crippen molar-refractivity contribution in [2.45, 2.75) is 23.8 Å². The molecular weight excluding hydrogens is 290 g/mol. The zero-order chi connectivity index (χ0) is 15.6. The standard InChI is InChI=1S/C14H23N3O3S/c1-16(2)10-12-5-4-8-17(12)21(18,19)14-9-11(15)6-7-13(14)20-3/h6-7,9,12H,4-5,8,10,15H2,1-3H3. The minimum absolute atomic E-state index is 0.00358. The van der Waals surface area contributed by atoms with Gasteiger partial charge in [-0.2, -0.15) is 4.31 Å². The van der Waals surface area contributed by atoms with Crippen LogP contribution in [-0.2, 0) is 10.0 Å². The van der Waals surface area contributed by atoms with E-state index in [2.05, 4.69) is 0 Å². The SMILES string of the molecule is COc1ccc(N)cc1S(=O)(=O)N1CCCC1CN(C)C. The van der Waals surface area contributed by atoms with Crippen molar-refractivity contribution in [3.63, 3.8) is 0 Å². The first kappa shape index (κ1) is 16.1. The number of sulfonamides is 1. The van der Waals surface area contributed by atoms with Crippen molar-refractivity contribution in [3.05, 3.63) is 18.2 Å². The summed E-state index contributed by atoms with van der Waals surface area (Å²) in [5.74, 6) is 0.333. The van der Waals surface area contributed by atoms with Crippen LogP contribution in [-0.4, -0.2) is 58.0 Å². The first-order chi connectivity index (χ1) is 9.86. The Bertz CT molecular complexity index is 601. The molecular formula is C14H23N3O3S. The number of rotatable bonds is 5. The molecule has 1 saturated heterocycles. The van der Waals surface area contributed by atoms with Crippen molar-refractivity contribution < 1.29 is 13.2 Å². The van der Waals surface area contributed by atoms with Crippen LogP contribution in [0.2, 0.25) is 0 Å². The Morgan fingerprint density at radius 1 is 1.43 bits per heavy atom. The molecule has 118 valence electrons. The van der Waals surface area contributed by atoms with Gasteiger partial charge >= 0.3 is 0 Å². The molecule has 1 aliphatic rings. The highest BCUT2D eigenvalue weighted by Crippen LogP contribution is 2.32. The highest BCUT2D eigenvalue weighted by Gasteiger charge is 2.37. The van der Waals surface area contributed by atoms with Gasteiger partial charge in [0.15, 0.2) is 0 Å². The third-order valence-electron chi connectivity index (χ3n) is 3.67. The lowest BCUT2D eigenvalue weighted by atomic mass is 10.2. The maximum Gasteiger partial charge on any atom is 0.247 e. The summed E-state index contributed by atoms with van der Waals surface area (Å²) in [6.07, 6.45) is 1.75. The van der Waals surface area contributed by atoms with Gasteiger partial charge in [-0.05, 0) is 45.1 Å². The summed E-state index contributed by atoms with van der Waals surface area (Å²) in [6.45, 7) is 1.25. The van der Waals surface area contributed by atoms with Crippen LogP contribution in [0, 0.1) is 0 Å². The molecule has 1 fully saturated rings. The van der Waals surface area contributed by atoms with E-state index in [9.17, 15) is 8.42 Å². The highest BCUT2D eigenvalue weighted by molar-refractivity contribution is 7.89. The maximum absolute atomic E-state index is 12.9. The quantitative estimate of drug-likeness (QED) is 0.821. The van der Waals surface area contributed by atoms with Crippen molar-refractivity contribution in [2.75, 3.05) is 40.0 Å². The Morgan fingerprint density at radius 3 is 2.76 bits per heavy atom. The number of ether oxygens (including phenoxy) is 1. The lowest BCUT2D eigenvalue weighted by Gasteiger charge is -2.27. The van der Waals surface area contributed by atoms with Crippen LogP contribution in [0.4, 0.5) is 5.69 Å². The van der Waals surface area contributed by atoms with E-state index < -0.39 is 10.0 Å². The van der Waals surface area contributed by atoms with Crippen LogP contribution < -0.4 is 10.5 Å². The van der Waals surface area contributed by atoms with Crippen LogP contribution in [0.1, 0.15) is 12.8 Å². The molecule has 1 aromatic rings. The van der Waals surface area contributed by atoms with Gasteiger partial charge in [-0.15, -0.1) is 0 Å². The number of hydrogen-bond acceptors (Lipinski definition) is 5. The van der Waals surface area contributed by atoms with Crippen molar-refractivity contribution in [3.8, 4) is 5.75 Å². The monoisotopic (exact) mass is 313 g/mol. The number of methoxy groups -OCH3 is 1. The van der Waals surface area contributed by atoms with E-state index in [1.165, 1.54) is 13.2 Å². The van der Waals surface area contributed by atoms with E-state index in [0.717, 1.165) is 12.8 Å². The Hall–Kier alpha value is -1.31. The molecule has 0 aromatic heterocycles. The summed E-state index contributed by atoms with van der Waals surface area (Å²) < 4.78 is 32.6. The maximum atomic E-state index is 12.9. The molecule has 21 heavy (non-hydrogen) atoms. The highest BCUT2D eigenvalue weighted by atomic mass is 32.2. The Kier molecular flexibility index (Phi) is 4.75. The summed E-state index contributed by atoms with van der Waals surface area (Å²) in [6, 6.07) is 4.70. The lowest BCUT2D eigenvalue weighted by Crippen LogP contribution is -2.41. The van der Waals surface area contributed by atoms with E-state index in [4.69, 9.17) is 10.5 Å². The Balaban J connectivity index is 2.39. The van der Waals surface area contributed by atoms with E-state index >= 15 is 0 Å². The fraction of sp³-hybridized carbons (Fsp3) is 0.571. The number of nitrogens with two attached hydrogens (primary N) is 1. The second-order valence-electron chi connectivity index (χ2n) is 5.58. The predicted molar refractivity (Wildman–Crippen MR) is 82.9 cm³/mol. The number of likely N-dealkylation sites (N-methyl/N-ethyl adjacent to an activating group) is 1. The normalized spacial score (nSPS) is 20.1. The number of nitrogens with zero attached hydrogens (tertiary/aromatic N) is 2. The van der Waals surface area contributed by atoms with Crippen LogP contribution in [0.25, 0.3) is 0 Å². The Labute approximate surface area is 126 Å². The molecule has 2 rings (SSSR count). The zero-order valence-electron chi connectivity index (χ0n) is 12.7. The third-order valence-corrected chi connectivity index (χ3v) is 5.65. The van der Waals surface area contributed by atoms with Gasteiger partial charge in [-0.25, -0.2) is 8.42 Å². The lowest BCUT2D eigenvalue weighted by molar-refractivity contribution is 0.290. The first-order valence-electron chi connectivity index (χ1n) is 6.96. The smallest absolute Gasteiger partial charge is 0.247 e. The molecule has 0 spiro atoms. The molecule has 1 atom stereocenters. The fourth-order valence-corrected chi connectivity index (χ4v) is 4.63. The summed E-state index contributed by atoms with van der Waals surface area (Å²) in [4.78, 5) is 2.16. The van der Waals surface area contributed by atoms with Crippen molar-refractivity contribution in [1.82, 2.24) is 9.21 Å². The third kappa shape index (κ3) is 3.30. The van der Waals surface area contributed by atoms with E-state index in [1.54, 1.807) is 16.4 Å². The Morgan fingerprint density at radius 2 is 2.14 bits per heavy atom. The number of nitrogen functional groups attached to an aromatic ring is 1. The number of benzene rings is 1. The molecule has 1 aliphatic heterocycles. The second-order valence-corrected chi connectivity index (χ2v) is 7.44. The van der Waals surface area contributed by atoms with Gasteiger partial charge in [0.25, 0.3) is 0 Å². The average molecular weight is 313 g/mol. The van der Waals surface area contributed by atoms with Gasteiger partial charge in [-0.3, -0.25) is 0 Å². The molecule has 0 saturated carbocycles. The van der Waals surface area contributed by atoms with Gasteiger partial charge in [0, 0.05) is 24.8 Å². The van der Waals surface area contributed by atoms with Gasteiger partial charge in [0.05, 0.1) is 7.11 Å². The van der Waals surface area contributed by atoms with Crippen LogP contribution in [0.15, 0.2) is 23.1 Å². The van der Waals surface area contributed by atoms with Crippen molar-refractivity contribution >= 4 is 15.7 Å². The topological polar surface area (TPSA) is 75.9 Å². The molecule has 6 nitrogen and oxygen atoms in total. The van der Waals surface area contributed by atoms with Crippen molar-refractivity contribution in [2.24, 2.45) is 0 Å². The second kappa shape index (κ2) is 6.21. The minimum Gasteiger partial charge on any atom is -0.495 e. The molecule has 7 heteroatoms. The summed E-state index contributed by atoms with van der Waals surface area (Å²) in [5, 5.41) is 0. The van der Waals surface area contributed by atoms with Crippen LogP contribution in [0.5, 0.6) is 5.75 Å². The van der Waals surface area contributed by atoms with Crippen LogP contribution in [0.3, 0.4) is 0 Å². The van der Waals surface area contributed by atoms with E-state index in [1.807, 2.05) is 19.0 Å². The average Bonchev–Trinajstić information content (AvgIpc) is 2.86. The van der Waals surface area contributed by atoms with Gasteiger partial charge in [-0.1, -0.05) is 0 Å². The molecule has 1 aromatic carbocycles. The van der Waals surface area contributed by atoms with Gasteiger partial charge in [0.2, 0.25) is 10.0 Å². The van der Waals surface area contributed by atoms with Crippen LogP contribution >= 0.6 is 0 Å². The number of anilines is 1. The molecule has 0 bridgehead atoms. The van der Waals surface area contributed by atoms with Gasteiger partial charge < -0.3 is 15.4 Å². The molecule has 0 aliphatic carbocycles. The summed E-state index contributed by atoms with van der Waals surface area (Å²) >= 11 is 0. The summed E-state index contributed by atoms with van der Waals surface area (Å²) in [7, 11) is 1.76. The number of hydrogen-bond donors (Lipinski definition) is 1. The van der Waals surface area contributed by atoms with Crippen molar-refractivity contribution in [1.29, 1.82) is 0 Å². The zero-order valence-corrected chi connectivity index (χ0v) is 13.6. The van der Waals surface area contributed by atoms with Gasteiger partial charge in [0.1, 0.15) is 10.6 Å². The minimum atomic E-state index is -3.60. The van der Waals surface area contributed by atoms with E-state index in [0.29, 0.717) is 24.5 Å². The van der Waals surface area contributed by atoms with E-state index in [-0.39, 0.29) is 10.9 Å². The predicted octanol–water partition coefficient (Wildman–Crippen LogP) is 0.992. The molecule has 0 radical (unpaired) electrons. The molecule has 2 N–H and O–H groups in total. The first-order valence-corrected chi connectivity index (χ1v) is 8.40. The largest absolute Gasteiger partial charge is 0.495 e.